The Morgan fingerprint density at radius 1 is 1.50 bits per heavy atom. The lowest BCUT2D eigenvalue weighted by molar-refractivity contribution is 0.00693. The minimum atomic E-state index is -0.521. The summed E-state index contributed by atoms with van der Waals surface area (Å²) in [6, 6.07) is 0.305. The van der Waals surface area contributed by atoms with Crippen LogP contribution in [0, 0.1) is 0 Å². The predicted octanol–water partition coefficient (Wildman–Crippen LogP) is -0.275. The van der Waals surface area contributed by atoms with Crippen molar-refractivity contribution in [2.75, 3.05) is 33.4 Å². The van der Waals surface area contributed by atoms with Crippen molar-refractivity contribution in [3.05, 3.63) is 0 Å². The van der Waals surface area contributed by atoms with Gasteiger partial charge in [0.1, 0.15) is 0 Å². The summed E-state index contributed by atoms with van der Waals surface area (Å²) in [4.78, 5) is 0. The number of rotatable bonds is 5. The second-order valence-corrected chi connectivity index (χ2v) is 4.21. The van der Waals surface area contributed by atoms with Gasteiger partial charge in [-0.2, -0.15) is 0 Å². The van der Waals surface area contributed by atoms with Crippen LogP contribution in [0.4, 0.5) is 0 Å². The molecule has 1 fully saturated rings. The lowest BCUT2D eigenvalue weighted by Crippen LogP contribution is -2.50. The van der Waals surface area contributed by atoms with Gasteiger partial charge in [0, 0.05) is 19.7 Å². The molecule has 0 amide bonds. The number of hydrogen-bond acceptors (Lipinski definition) is 4. The van der Waals surface area contributed by atoms with Gasteiger partial charge >= 0.3 is 0 Å². The third kappa shape index (κ3) is 3.92. The van der Waals surface area contributed by atoms with Gasteiger partial charge in [0.25, 0.3) is 0 Å². The molecular formula is C10H22N2O2. The van der Waals surface area contributed by atoms with Crippen molar-refractivity contribution >= 4 is 0 Å². The van der Waals surface area contributed by atoms with Gasteiger partial charge in [0.2, 0.25) is 0 Å². The molecule has 1 saturated heterocycles. The maximum Gasteiger partial charge on any atom is 0.0795 e. The van der Waals surface area contributed by atoms with Gasteiger partial charge in [-0.25, -0.2) is 0 Å². The number of nitrogens with one attached hydrogen (secondary N) is 2. The van der Waals surface area contributed by atoms with Gasteiger partial charge in [0.05, 0.1) is 12.2 Å². The van der Waals surface area contributed by atoms with E-state index in [-0.39, 0.29) is 0 Å². The summed E-state index contributed by atoms with van der Waals surface area (Å²) < 4.78 is 5.02. The molecule has 14 heavy (non-hydrogen) atoms. The van der Waals surface area contributed by atoms with Gasteiger partial charge in [0.15, 0.2) is 0 Å². The average Bonchev–Trinajstić information content (AvgIpc) is 2.17. The summed E-state index contributed by atoms with van der Waals surface area (Å²) in [5, 5.41) is 16.7. The monoisotopic (exact) mass is 202 g/mol. The van der Waals surface area contributed by atoms with E-state index in [0.717, 1.165) is 25.9 Å². The van der Waals surface area contributed by atoms with E-state index >= 15 is 0 Å². The minimum Gasteiger partial charge on any atom is -0.388 e. The first-order chi connectivity index (χ1) is 6.66. The summed E-state index contributed by atoms with van der Waals surface area (Å²) in [6.45, 7) is 5.25. The summed E-state index contributed by atoms with van der Waals surface area (Å²) in [7, 11) is 1.69. The number of methoxy groups -OCH3 is 1. The highest BCUT2D eigenvalue weighted by molar-refractivity contribution is 4.86. The molecule has 1 rings (SSSR count). The van der Waals surface area contributed by atoms with Crippen molar-refractivity contribution in [1.29, 1.82) is 0 Å². The second-order valence-electron chi connectivity index (χ2n) is 4.21. The summed E-state index contributed by atoms with van der Waals surface area (Å²) in [5.41, 5.74) is -0.521. The molecule has 0 spiro atoms. The van der Waals surface area contributed by atoms with Crippen molar-refractivity contribution in [2.45, 2.75) is 31.4 Å². The predicted molar refractivity (Wildman–Crippen MR) is 56.4 cm³/mol. The standard InChI is InChI=1S/C10H22N2O2/c1-9(7-14-2)12-8-10(13)3-5-11-6-4-10/h9,11-13H,3-8H2,1-2H3. The molecule has 1 aliphatic heterocycles. The number of aliphatic hydroxyl groups is 1. The van der Waals surface area contributed by atoms with Crippen LogP contribution in [0.3, 0.4) is 0 Å². The van der Waals surface area contributed by atoms with Crippen LogP contribution >= 0.6 is 0 Å². The van der Waals surface area contributed by atoms with Crippen molar-refractivity contribution < 1.29 is 9.84 Å². The fourth-order valence-electron chi connectivity index (χ4n) is 1.74. The Kier molecular flexibility index (Phi) is 4.81. The Morgan fingerprint density at radius 3 is 2.71 bits per heavy atom. The van der Waals surface area contributed by atoms with Crippen LogP contribution in [-0.4, -0.2) is 50.1 Å². The Balaban J connectivity index is 2.21. The zero-order chi connectivity index (χ0) is 10.4. The SMILES string of the molecule is COCC(C)NCC1(O)CCNCC1. The summed E-state index contributed by atoms with van der Waals surface area (Å²) in [5.74, 6) is 0. The van der Waals surface area contributed by atoms with Crippen LogP contribution in [-0.2, 0) is 4.74 Å². The third-order valence-corrected chi connectivity index (χ3v) is 2.73. The van der Waals surface area contributed by atoms with Crippen LogP contribution in [0.15, 0.2) is 0 Å². The molecule has 1 unspecified atom stereocenters. The van der Waals surface area contributed by atoms with Gasteiger partial charge < -0.3 is 20.5 Å². The largest absolute Gasteiger partial charge is 0.388 e. The Morgan fingerprint density at radius 2 is 2.14 bits per heavy atom. The highest BCUT2D eigenvalue weighted by Gasteiger charge is 2.28. The van der Waals surface area contributed by atoms with Crippen molar-refractivity contribution in [3.8, 4) is 0 Å². The smallest absolute Gasteiger partial charge is 0.0795 e. The average molecular weight is 202 g/mol. The quantitative estimate of drug-likeness (QED) is 0.574. The summed E-state index contributed by atoms with van der Waals surface area (Å²) in [6.07, 6.45) is 1.67. The van der Waals surface area contributed by atoms with Gasteiger partial charge in [-0.15, -0.1) is 0 Å². The molecular weight excluding hydrogens is 180 g/mol. The van der Waals surface area contributed by atoms with Crippen LogP contribution in [0.1, 0.15) is 19.8 Å². The number of piperidine rings is 1. The van der Waals surface area contributed by atoms with E-state index < -0.39 is 5.60 Å². The molecule has 0 aliphatic carbocycles. The third-order valence-electron chi connectivity index (χ3n) is 2.73. The first-order valence-corrected chi connectivity index (χ1v) is 5.32. The number of hydrogen-bond donors (Lipinski definition) is 3. The molecule has 1 aliphatic rings. The maximum absolute atomic E-state index is 10.1. The van der Waals surface area contributed by atoms with E-state index in [9.17, 15) is 5.11 Å². The van der Waals surface area contributed by atoms with E-state index in [1.54, 1.807) is 7.11 Å². The van der Waals surface area contributed by atoms with Gasteiger partial charge in [-0.05, 0) is 32.9 Å². The normalized spacial score (nSPS) is 23.4. The summed E-state index contributed by atoms with van der Waals surface area (Å²) >= 11 is 0. The first kappa shape index (κ1) is 11.9. The topological polar surface area (TPSA) is 53.5 Å². The molecule has 1 atom stereocenters. The fraction of sp³-hybridized carbons (Fsp3) is 1.00. The maximum atomic E-state index is 10.1. The van der Waals surface area contributed by atoms with Crippen molar-refractivity contribution in [2.24, 2.45) is 0 Å². The van der Waals surface area contributed by atoms with Gasteiger partial charge in [-0.1, -0.05) is 0 Å². The lowest BCUT2D eigenvalue weighted by atomic mass is 9.92. The Bertz CT molecular complexity index is 158. The van der Waals surface area contributed by atoms with Crippen molar-refractivity contribution in [3.63, 3.8) is 0 Å². The fourth-order valence-corrected chi connectivity index (χ4v) is 1.74. The molecule has 84 valence electrons. The zero-order valence-electron chi connectivity index (χ0n) is 9.18. The minimum absolute atomic E-state index is 0.305. The van der Waals surface area contributed by atoms with Crippen molar-refractivity contribution in [1.82, 2.24) is 10.6 Å². The zero-order valence-corrected chi connectivity index (χ0v) is 9.18. The van der Waals surface area contributed by atoms with Crippen LogP contribution in [0.25, 0.3) is 0 Å². The molecule has 0 aromatic carbocycles. The lowest BCUT2D eigenvalue weighted by Gasteiger charge is -2.33. The molecule has 0 aromatic rings. The molecule has 4 nitrogen and oxygen atoms in total. The molecule has 0 bridgehead atoms. The molecule has 0 aromatic heterocycles. The van der Waals surface area contributed by atoms with Gasteiger partial charge in [-0.3, -0.25) is 0 Å². The molecule has 0 radical (unpaired) electrons. The first-order valence-electron chi connectivity index (χ1n) is 5.32. The van der Waals surface area contributed by atoms with E-state index in [1.807, 2.05) is 0 Å². The molecule has 0 saturated carbocycles. The van der Waals surface area contributed by atoms with Crippen LogP contribution in [0.5, 0.6) is 0 Å². The Labute approximate surface area is 86.0 Å². The highest BCUT2D eigenvalue weighted by Crippen LogP contribution is 2.16. The van der Waals surface area contributed by atoms with E-state index in [4.69, 9.17) is 4.74 Å². The molecule has 4 heteroatoms. The van der Waals surface area contributed by atoms with Crippen LogP contribution < -0.4 is 10.6 Å². The van der Waals surface area contributed by atoms with E-state index in [1.165, 1.54) is 0 Å². The van der Waals surface area contributed by atoms with E-state index in [0.29, 0.717) is 19.2 Å². The molecule has 1 heterocycles. The Hall–Kier alpha value is -0.160. The highest BCUT2D eigenvalue weighted by atomic mass is 16.5. The van der Waals surface area contributed by atoms with E-state index in [2.05, 4.69) is 17.6 Å². The molecule has 3 N–H and O–H groups in total. The van der Waals surface area contributed by atoms with Crippen LogP contribution in [0.2, 0.25) is 0 Å². The number of ether oxygens (including phenoxy) is 1. The second kappa shape index (κ2) is 5.66.